The maximum absolute atomic E-state index is 12.9. The van der Waals surface area contributed by atoms with E-state index in [4.69, 9.17) is 0 Å². The fraction of sp³-hybridized carbons (Fsp3) is 0.625. The largest absolute Gasteiger partial charge is 0.335 e. The Balaban J connectivity index is 1.74. The molecule has 7 heteroatoms. The van der Waals surface area contributed by atoms with Gasteiger partial charge >= 0.3 is 0 Å². The molecule has 6 nitrogen and oxygen atoms in total. The summed E-state index contributed by atoms with van der Waals surface area (Å²) in [4.78, 5) is 18.9. The van der Waals surface area contributed by atoms with Crippen molar-refractivity contribution in [3.05, 3.63) is 30.1 Å². The lowest BCUT2D eigenvalue weighted by Crippen LogP contribution is -2.46. The summed E-state index contributed by atoms with van der Waals surface area (Å²) in [5.41, 5.74) is 1.11. The third-order valence-electron chi connectivity index (χ3n) is 4.83. The molecule has 0 radical (unpaired) electrons. The maximum atomic E-state index is 12.9. The van der Waals surface area contributed by atoms with Gasteiger partial charge < -0.3 is 4.90 Å². The van der Waals surface area contributed by atoms with E-state index in [0.29, 0.717) is 13.1 Å². The summed E-state index contributed by atoms with van der Waals surface area (Å²) in [5.74, 6) is -0.126. The highest BCUT2D eigenvalue weighted by Gasteiger charge is 2.37. The van der Waals surface area contributed by atoms with Crippen LogP contribution in [-0.4, -0.2) is 54.4 Å². The summed E-state index contributed by atoms with van der Waals surface area (Å²) in [7, 11) is -3.23. The second-order valence-electron chi connectivity index (χ2n) is 6.43. The number of hydrogen-bond acceptors (Lipinski definition) is 4. The van der Waals surface area contributed by atoms with Gasteiger partial charge in [-0.15, -0.1) is 0 Å². The van der Waals surface area contributed by atoms with E-state index in [2.05, 4.69) is 4.98 Å². The maximum Gasteiger partial charge on any atom is 0.227 e. The summed E-state index contributed by atoms with van der Waals surface area (Å²) in [6.45, 7) is 1.59. The SMILES string of the molecule is CS(=O)(=O)N1CCC[C@H](C(=O)N2CCC[C@@H]2c2ccncc2)C1. The van der Waals surface area contributed by atoms with Crippen LogP contribution >= 0.6 is 0 Å². The Kier molecular flexibility index (Phi) is 4.68. The molecule has 3 rings (SSSR count). The van der Waals surface area contributed by atoms with Crippen LogP contribution in [0.4, 0.5) is 0 Å². The number of sulfonamides is 1. The molecule has 2 fully saturated rings. The molecule has 0 unspecified atom stereocenters. The summed E-state index contributed by atoms with van der Waals surface area (Å²) in [6, 6.07) is 4.01. The van der Waals surface area contributed by atoms with Crippen molar-refractivity contribution in [1.82, 2.24) is 14.2 Å². The Hall–Kier alpha value is -1.47. The van der Waals surface area contributed by atoms with Crippen molar-refractivity contribution in [2.24, 2.45) is 5.92 Å². The molecule has 2 aliphatic rings. The molecule has 2 atom stereocenters. The minimum Gasteiger partial charge on any atom is -0.335 e. The lowest BCUT2D eigenvalue weighted by atomic mass is 9.97. The van der Waals surface area contributed by atoms with Gasteiger partial charge in [-0.25, -0.2) is 12.7 Å². The highest BCUT2D eigenvalue weighted by Crippen LogP contribution is 2.34. The van der Waals surface area contributed by atoms with Crippen LogP contribution in [-0.2, 0) is 14.8 Å². The number of amides is 1. The van der Waals surface area contributed by atoms with Crippen molar-refractivity contribution in [3.63, 3.8) is 0 Å². The molecule has 0 aromatic carbocycles. The Morgan fingerprint density at radius 2 is 1.87 bits per heavy atom. The lowest BCUT2D eigenvalue weighted by molar-refractivity contribution is -0.137. The molecule has 3 heterocycles. The van der Waals surface area contributed by atoms with E-state index in [1.54, 1.807) is 12.4 Å². The summed E-state index contributed by atoms with van der Waals surface area (Å²) in [5, 5.41) is 0. The highest BCUT2D eigenvalue weighted by atomic mass is 32.2. The number of nitrogens with zero attached hydrogens (tertiary/aromatic N) is 3. The van der Waals surface area contributed by atoms with E-state index in [1.165, 1.54) is 10.6 Å². The predicted molar refractivity (Wildman–Crippen MR) is 87.1 cm³/mol. The third kappa shape index (κ3) is 3.55. The molecular weight excluding hydrogens is 314 g/mol. The quantitative estimate of drug-likeness (QED) is 0.836. The van der Waals surface area contributed by atoms with Crippen LogP contribution in [0.1, 0.15) is 37.3 Å². The Morgan fingerprint density at radius 3 is 2.57 bits per heavy atom. The van der Waals surface area contributed by atoms with Crippen LogP contribution in [0, 0.1) is 5.92 Å². The second kappa shape index (κ2) is 6.57. The first-order valence-electron chi connectivity index (χ1n) is 8.12. The number of aromatic nitrogens is 1. The molecule has 0 N–H and O–H groups in total. The minimum absolute atomic E-state index is 0.0951. The number of likely N-dealkylation sites (tertiary alicyclic amines) is 1. The van der Waals surface area contributed by atoms with Crippen LogP contribution in [0.15, 0.2) is 24.5 Å². The van der Waals surface area contributed by atoms with Gasteiger partial charge in [-0.1, -0.05) is 0 Å². The summed E-state index contributed by atoms with van der Waals surface area (Å²) in [6.07, 6.45) is 8.18. The lowest BCUT2D eigenvalue weighted by Gasteiger charge is -2.34. The number of hydrogen-bond donors (Lipinski definition) is 0. The number of rotatable bonds is 3. The fourth-order valence-corrected chi connectivity index (χ4v) is 4.55. The molecule has 0 aliphatic carbocycles. The van der Waals surface area contributed by atoms with Crippen LogP contribution in [0.3, 0.4) is 0 Å². The first-order valence-corrected chi connectivity index (χ1v) is 9.97. The van der Waals surface area contributed by atoms with E-state index in [-0.39, 0.29) is 17.9 Å². The molecule has 23 heavy (non-hydrogen) atoms. The Bertz CT molecular complexity index is 662. The van der Waals surface area contributed by atoms with Gasteiger partial charge in [0.2, 0.25) is 15.9 Å². The van der Waals surface area contributed by atoms with Gasteiger partial charge in [0.25, 0.3) is 0 Å². The second-order valence-corrected chi connectivity index (χ2v) is 8.41. The van der Waals surface area contributed by atoms with Gasteiger partial charge in [0, 0.05) is 32.0 Å². The molecular formula is C16H23N3O3S. The van der Waals surface area contributed by atoms with Gasteiger partial charge in [-0.05, 0) is 43.4 Å². The van der Waals surface area contributed by atoms with E-state index in [9.17, 15) is 13.2 Å². The number of carbonyl (C=O) groups is 1. The van der Waals surface area contributed by atoms with Gasteiger partial charge in [-0.3, -0.25) is 9.78 Å². The van der Waals surface area contributed by atoms with E-state index in [1.807, 2.05) is 17.0 Å². The van der Waals surface area contributed by atoms with Crippen molar-refractivity contribution in [3.8, 4) is 0 Å². The normalized spacial score (nSPS) is 26.4. The molecule has 1 aromatic heterocycles. The van der Waals surface area contributed by atoms with Crippen LogP contribution in [0.5, 0.6) is 0 Å². The summed E-state index contributed by atoms with van der Waals surface area (Å²) < 4.78 is 25.0. The Morgan fingerprint density at radius 1 is 1.17 bits per heavy atom. The minimum atomic E-state index is -3.23. The smallest absolute Gasteiger partial charge is 0.227 e. The van der Waals surface area contributed by atoms with Crippen molar-refractivity contribution in [1.29, 1.82) is 0 Å². The van der Waals surface area contributed by atoms with Crippen molar-refractivity contribution in [2.45, 2.75) is 31.7 Å². The zero-order valence-electron chi connectivity index (χ0n) is 13.4. The standard InChI is InChI=1S/C16H23N3O3S/c1-23(21,22)18-10-2-4-14(12-18)16(20)19-11-3-5-15(19)13-6-8-17-9-7-13/h6-9,14-15H,2-5,10-12H2,1H3/t14-,15+/m0/s1. The van der Waals surface area contributed by atoms with Gasteiger partial charge in [-0.2, -0.15) is 0 Å². The van der Waals surface area contributed by atoms with Crippen molar-refractivity contribution < 1.29 is 13.2 Å². The predicted octanol–water partition coefficient (Wildman–Crippen LogP) is 1.42. The van der Waals surface area contributed by atoms with Crippen LogP contribution in [0.25, 0.3) is 0 Å². The first-order chi connectivity index (χ1) is 11.0. The van der Waals surface area contributed by atoms with Crippen molar-refractivity contribution >= 4 is 15.9 Å². The average molecular weight is 337 g/mol. The first kappa shape index (κ1) is 16.4. The molecule has 0 spiro atoms. The van der Waals surface area contributed by atoms with Gasteiger partial charge in [0.15, 0.2) is 0 Å². The molecule has 2 aliphatic heterocycles. The summed E-state index contributed by atoms with van der Waals surface area (Å²) >= 11 is 0. The monoisotopic (exact) mass is 337 g/mol. The number of piperidine rings is 1. The molecule has 0 saturated carbocycles. The van der Waals surface area contributed by atoms with E-state index >= 15 is 0 Å². The molecule has 1 amide bonds. The van der Waals surface area contributed by atoms with Crippen LogP contribution in [0.2, 0.25) is 0 Å². The van der Waals surface area contributed by atoms with E-state index in [0.717, 1.165) is 37.8 Å². The number of carbonyl (C=O) groups excluding carboxylic acids is 1. The van der Waals surface area contributed by atoms with Gasteiger partial charge in [0.05, 0.1) is 18.2 Å². The fourth-order valence-electron chi connectivity index (χ4n) is 3.64. The number of pyridine rings is 1. The third-order valence-corrected chi connectivity index (χ3v) is 6.10. The Labute approximate surface area is 137 Å². The zero-order chi connectivity index (χ0) is 16.4. The van der Waals surface area contributed by atoms with Crippen LogP contribution < -0.4 is 0 Å². The molecule has 2 saturated heterocycles. The highest BCUT2D eigenvalue weighted by molar-refractivity contribution is 7.88. The molecule has 0 bridgehead atoms. The zero-order valence-corrected chi connectivity index (χ0v) is 14.2. The molecule has 126 valence electrons. The van der Waals surface area contributed by atoms with E-state index < -0.39 is 10.0 Å². The van der Waals surface area contributed by atoms with Gasteiger partial charge in [0.1, 0.15) is 0 Å². The van der Waals surface area contributed by atoms with Crippen molar-refractivity contribution in [2.75, 3.05) is 25.9 Å². The molecule has 1 aromatic rings. The topological polar surface area (TPSA) is 70.6 Å². The average Bonchev–Trinajstić information content (AvgIpc) is 3.04.